The smallest absolute Gasteiger partial charge is 0.295 e. The topological polar surface area (TPSA) is 76.1 Å². The first-order valence-corrected chi connectivity index (χ1v) is 13.5. The van der Waals surface area contributed by atoms with E-state index in [-0.39, 0.29) is 28.9 Å². The summed E-state index contributed by atoms with van der Waals surface area (Å²) >= 11 is 0. The minimum atomic E-state index is -0.770. The van der Waals surface area contributed by atoms with E-state index >= 15 is 0 Å². The maximum Gasteiger partial charge on any atom is 0.295 e. The molecule has 0 aromatic heterocycles. The van der Waals surface area contributed by atoms with Gasteiger partial charge in [-0.15, -0.1) is 0 Å². The van der Waals surface area contributed by atoms with Gasteiger partial charge in [0.25, 0.3) is 11.7 Å². The van der Waals surface area contributed by atoms with Gasteiger partial charge in [-0.25, -0.2) is 0 Å². The molecule has 0 bridgehead atoms. The van der Waals surface area contributed by atoms with Crippen LogP contribution in [0.5, 0.6) is 11.5 Å². The SMILES string of the molecule is COc1ccc(C(C)(C)C)cc1/C(O)=C1\C(=O)C(=O)N(Cc2ccc(OC(C)(C)C)cc2)C1c1cccc(C)c1. The number of carbonyl (C=O) groups is 2. The number of rotatable bonds is 6. The lowest BCUT2D eigenvalue weighted by Crippen LogP contribution is -2.29. The summed E-state index contributed by atoms with van der Waals surface area (Å²) in [6.45, 7) is 14.3. The van der Waals surface area contributed by atoms with E-state index in [0.29, 0.717) is 11.3 Å². The number of ketones is 1. The van der Waals surface area contributed by atoms with Crippen LogP contribution in [0.15, 0.2) is 72.3 Å². The molecule has 6 nitrogen and oxygen atoms in total. The van der Waals surface area contributed by atoms with Crippen LogP contribution in [0.3, 0.4) is 0 Å². The first-order chi connectivity index (χ1) is 18.7. The predicted octanol–water partition coefficient (Wildman–Crippen LogP) is 7.10. The van der Waals surface area contributed by atoms with Crippen LogP contribution in [0, 0.1) is 6.92 Å². The van der Waals surface area contributed by atoms with Gasteiger partial charge in [-0.05, 0) is 74.1 Å². The van der Waals surface area contributed by atoms with E-state index in [1.165, 1.54) is 12.0 Å². The summed E-state index contributed by atoms with van der Waals surface area (Å²) < 4.78 is 11.5. The Morgan fingerprint density at radius 3 is 2.17 bits per heavy atom. The minimum absolute atomic E-state index is 0.0487. The fourth-order valence-corrected chi connectivity index (χ4v) is 4.95. The molecule has 0 saturated carbocycles. The van der Waals surface area contributed by atoms with Gasteiger partial charge in [0, 0.05) is 6.54 Å². The van der Waals surface area contributed by atoms with Gasteiger partial charge >= 0.3 is 0 Å². The van der Waals surface area contributed by atoms with Gasteiger partial charge in [-0.1, -0.05) is 68.8 Å². The number of benzene rings is 3. The second-order valence-corrected chi connectivity index (χ2v) is 12.4. The molecule has 1 aliphatic rings. The van der Waals surface area contributed by atoms with Crippen molar-refractivity contribution in [3.8, 4) is 11.5 Å². The molecule has 4 rings (SSSR count). The van der Waals surface area contributed by atoms with Crippen molar-refractivity contribution in [2.45, 2.75) is 72.1 Å². The number of Topliss-reactive ketones (excluding diaryl/α,β-unsaturated/α-hetero) is 1. The van der Waals surface area contributed by atoms with E-state index in [1.54, 1.807) is 6.07 Å². The predicted molar refractivity (Wildman–Crippen MR) is 158 cm³/mol. The number of aliphatic hydroxyl groups is 1. The van der Waals surface area contributed by atoms with Gasteiger partial charge in [0.2, 0.25) is 0 Å². The average molecular weight is 542 g/mol. The lowest BCUT2D eigenvalue weighted by atomic mass is 9.85. The molecule has 1 saturated heterocycles. The molecule has 3 aromatic carbocycles. The second kappa shape index (κ2) is 10.8. The average Bonchev–Trinajstić information content (AvgIpc) is 3.12. The molecule has 1 atom stereocenters. The summed E-state index contributed by atoms with van der Waals surface area (Å²) in [7, 11) is 1.52. The van der Waals surface area contributed by atoms with Gasteiger partial charge in [0.15, 0.2) is 0 Å². The van der Waals surface area contributed by atoms with Crippen molar-refractivity contribution >= 4 is 17.4 Å². The van der Waals surface area contributed by atoms with Gasteiger partial charge in [-0.2, -0.15) is 0 Å². The highest BCUT2D eigenvalue weighted by atomic mass is 16.5. The molecule has 0 spiro atoms. The van der Waals surface area contributed by atoms with E-state index < -0.39 is 17.7 Å². The van der Waals surface area contributed by atoms with Crippen molar-refractivity contribution in [3.05, 3.63) is 100 Å². The number of hydrogen-bond donors (Lipinski definition) is 1. The number of ether oxygens (including phenoxy) is 2. The third-order valence-corrected chi connectivity index (χ3v) is 6.92. The molecule has 1 N–H and O–H groups in total. The zero-order chi connectivity index (χ0) is 29.4. The van der Waals surface area contributed by atoms with E-state index in [1.807, 2.05) is 88.4 Å². The van der Waals surface area contributed by atoms with Crippen molar-refractivity contribution in [2.75, 3.05) is 7.11 Å². The quantitative estimate of drug-likeness (QED) is 0.205. The second-order valence-electron chi connectivity index (χ2n) is 12.4. The summed E-state index contributed by atoms with van der Waals surface area (Å²) in [5.41, 5.74) is 3.44. The van der Waals surface area contributed by atoms with Crippen LogP contribution >= 0.6 is 0 Å². The number of carbonyl (C=O) groups excluding carboxylic acids is 2. The number of aliphatic hydroxyl groups excluding tert-OH is 1. The Morgan fingerprint density at radius 2 is 1.60 bits per heavy atom. The molecule has 6 heteroatoms. The van der Waals surface area contributed by atoms with Gasteiger partial charge in [0.05, 0.1) is 24.3 Å². The number of amides is 1. The molecular formula is C34H39NO5. The van der Waals surface area contributed by atoms with E-state index in [0.717, 1.165) is 28.0 Å². The Hall–Kier alpha value is -4.06. The molecule has 1 aliphatic heterocycles. The number of aryl methyl sites for hydroxylation is 1. The number of hydrogen-bond acceptors (Lipinski definition) is 5. The van der Waals surface area contributed by atoms with Crippen molar-refractivity contribution in [1.82, 2.24) is 4.90 Å². The van der Waals surface area contributed by atoms with Crippen LogP contribution < -0.4 is 9.47 Å². The van der Waals surface area contributed by atoms with E-state index in [2.05, 4.69) is 20.8 Å². The van der Waals surface area contributed by atoms with Gasteiger partial charge < -0.3 is 19.5 Å². The fraction of sp³-hybridized carbons (Fsp3) is 0.353. The number of nitrogens with zero attached hydrogens (tertiary/aromatic N) is 1. The molecule has 3 aromatic rings. The van der Waals surface area contributed by atoms with Crippen molar-refractivity contribution < 1.29 is 24.2 Å². The Kier molecular flexibility index (Phi) is 7.84. The molecule has 0 radical (unpaired) electrons. The van der Waals surface area contributed by atoms with Gasteiger partial charge in [0.1, 0.15) is 22.9 Å². The third kappa shape index (κ3) is 6.06. The Bertz CT molecular complexity index is 1450. The van der Waals surface area contributed by atoms with Crippen LogP contribution in [0.2, 0.25) is 0 Å². The van der Waals surface area contributed by atoms with Crippen LogP contribution in [0.1, 0.15) is 75.4 Å². The highest BCUT2D eigenvalue weighted by Gasteiger charge is 2.46. The van der Waals surface area contributed by atoms with Crippen molar-refractivity contribution in [1.29, 1.82) is 0 Å². The van der Waals surface area contributed by atoms with Crippen LogP contribution in [0.25, 0.3) is 5.76 Å². The molecule has 1 amide bonds. The molecule has 40 heavy (non-hydrogen) atoms. The molecule has 0 aliphatic carbocycles. The minimum Gasteiger partial charge on any atom is -0.507 e. The standard InChI is InChI=1S/C34H39NO5/c1-21-10-9-11-23(18-21)29-28(30(36)26-19-24(33(2,3)4)14-17-27(26)39-8)31(37)32(38)35(29)20-22-12-15-25(16-13-22)40-34(5,6)7/h9-19,29,36H,20H2,1-8H3/b30-28+. The summed E-state index contributed by atoms with van der Waals surface area (Å²) in [4.78, 5) is 28.7. The molecule has 1 fully saturated rings. The summed E-state index contributed by atoms with van der Waals surface area (Å²) in [6.07, 6.45) is 0. The third-order valence-electron chi connectivity index (χ3n) is 6.92. The lowest BCUT2D eigenvalue weighted by Gasteiger charge is -2.26. The maximum absolute atomic E-state index is 13.6. The highest BCUT2D eigenvalue weighted by Crippen LogP contribution is 2.42. The van der Waals surface area contributed by atoms with E-state index in [4.69, 9.17) is 9.47 Å². The molecular weight excluding hydrogens is 502 g/mol. The highest BCUT2D eigenvalue weighted by molar-refractivity contribution is 6.46. The molecule has 210 valence electrons. The Balaban J connectivity index is 1.84. The first-order valence-electron chi connectivity index (χ1n) is 13.5. The maximum atomic E-state index is 13.6. The number of likely N-dealkylation sites (tertiary alicyclic amines) is 1. The Labute approximate surface area is 237 Å². The zero-order valence-corrected chi connectivity index (χ0v) is 24.7. The lowest BCUT2D eigenvalue weighted by molar-refractivity contribution is -0.140. The fourth-order valence-electron chi connectivity index (χ4n) is 4.95. The van der Waals surface area contributed by atoms with E-state index in [9.17, 15) is 14.7 Å². The summed E-state index contributed by atoms with van der Waals surface area (Å²) in [5, 5.41) is 11.7. The van der Waals surface area contributed by atoms with Crippen molar-refractivity contribution in [3.63, 3.8) is 0 Å². The molecule has 1 unspecified atom stereocenters. The zero-order valence-electron chi connectivity index (χ0n) is 24.7. The van der Waals surface area contributed by atoms with Crippen LogP contribution in [-0.4, -0.2) is 34.4 Å². The number of methoxy groups -OCH3 is 1. The first kappa shape index (κ1) is 28.9. The largest absolute Gasteiger partial charge is 0.507 e. The monoisotopic (exact) mass is 541 g/mol. The molecule has 1 heterocycles. The van der Waals surface area contributed by atoms with Crippen LogP contribution in [0.4, 0.5) is 0 Å². The van der Waals surface area contributed by atoms with Gasteiger partial charge in [-0.3, -0.25) is 9.59 Å². The normalized spacial score (nSPS) is 17.3. The summed E-state index contributed by atoms with van der Waals surface area (Å²) in [5.74, 6) is -0.480. The summed E-state index contributed by atoms with van der Waals surface area (Å²) in [6, 6.07) is 20.0. The Morgan fingerprint density at radius 1 is 0.925 bits per heavy atom. The van der Waals surface area contributed by atoms with Crippen molar-refractivity contribution in [2.24, 2.45) is 0 Å². The van der Waals surface area contributed by atoms with Crippen LogP contribution in [-0.2, 0) is 21.5 Å².